The van der Waals surface area contributed by atoms with Crippen LogP contribution in [0.15, 0.2) is 29.3 Å². The average molecular weight is 473 g/mol. The number of hydrogen-bond acceptors (Lipinski definition) is 6. The van der Waals surface area contributed by atoms with Gasteiger partial charge < -0.3 is 19.7 Å². The topological polar surface area (TPSA) is 84.6 Å². The molecule has 1 unspecified atom stereocenters. The number of alkyl halides is 2. The molecular formula is C24H26F3N5O2. The number of nitrogens with one attached hydrogen (secondary N) is 1. The summed E-state index contributed by atoms with van der Waals surface area (Å²) in [6.45, 7) is 5.64. The summed E-state index contributed by atoms with van der Waals surface area (Å²) in [4.78, 5) is 13.8. The van der Waals surface area contributed by atoms with Crippen molar-refractivity contribution < 1.29 is 23.0 Å². The Morgan fingerprint density at radius 3 is 2.68 bits per heavy atom. The maximum absolute atomic E-state index is 14.8. The number of rotatable bonds is 4. The SMILES string of the molecule is Cc1nc2n3c(c(C4(O)CCOCC4)cc-2c(=NC(C)c2cccc(C(F)F)c2F)n1)NCC3. The van der Waals surface area contributed by atoms with Crippen molar-refractivity contribution in [2.24, 2.45) is 4.99 Å². The Morgan fingerprint density at radius 1 is 1.21 bits per heavy atom. The van der Waals surface area contributed by atoms with Crippen LogP contribution in [-0.2, 0) is 16.9 Å². The lowest BCUT2D eigenvalue weighted by Gasteiger charge is -2.34. The van der Waals surface area contributed by atoms with Gasteiger partial charge in [-0.1, -0.05) is 18.2 Å². The quantitative estimate of drug-likeness (QED) is 0.601. The Bertz CT molecular complexity index is 1270. The van der Waals surface area contributed by atoms with Crippen LogP contribution in [0.1, 0.15) is 54.7 Å². The summed E-state index contributed by atoms with van der Waals surface area (Å²) in [5, 5.41) is 14.8. The minimum atomic E-state index is -2.91. The Hall–Kier alpha value is -2.98. The van der Waals surface area contributed by atoms with Crippen LogP contribution in [0.2, 0.25) is 0 Å². The fraction of sp³-hybridized carbons (Fsp3) is 0.458. The normalized spacial score (nSPS) is 18.9. The Kier molecular flexibility index (Phi) is 5.81. The number of hydrogen-bond donors (Lipinski definition) is 2. The van der Waals surface area contributed by atoms with E-state index < -0.39 is 29.4 Å². The summed E-state index contributed by atoms with van der Waals surface area (Å²) < 4.78 is 48.7. The molecule has 34 heavy (non-hydrogen) atoms. The van der Waals surface area contributed by atoms with Crippen molar-refractivity contribution in [2.75, 3.05) is 25.1 Å². The minimum Gasteiger partial charge on any atom is -0.385 e. The second-order valence-corrected chi connectivity index (χ2v) is 8.82. The third kappa shape index (κ3) is 3.84. The van der Waals surface area contributed by atoms with E-state index in [0.29, 0.717) is 61.8 Å². The van der Waals surface area contributed by atoms with E-state index in [9.17, 15) is 18.3 Å². The van der Waals surface area contributed by atoms with E-state index in [2.05, 4.69) is 20.3 Å². The number of benzene rings is 1. The number of pyridine rings is 1. The smallest absolute Gasteiger partial charge is 0.266 e. The number of aryl methyl sites for hydroxylation is 1. The van der Waals surface area contributed by atoms with Gasteiger partial charge in [0.1, 0.15) is 23.3 Å². The van der Waals surface area contributed by atoms with Gasteiger partial charge in [0.15, 0.2) is 5.49 Å². The molecule has 7 nitrogen and oxygen atoms in total. The van der Waals surface area contributed by atoms with E-state index in [1.807, 2.05) is 10.6 Å². The zero-order valence-electron chi connectivity index (χ0n) is 19.0. The number of halogens is 3. The van der Waals surface area contributed by atoms with Crippen LogP contribution in [-0.4, -0.2) is 39.4 Å². The van der Waals surface area contributed by atoms with Gasteiger partial charge in [-0.3, -0.25) is 4.99 Å². The third-order valence-corrected chi connectivity index (χ3v) is 6.60. The van der Waals surface area contributed by atoms with E-state index in [1.54, 1.807) is 13.8 Å². The maximum Gasteiger partial charge on any atom is 0.266 e. The first-order valence-electron chi connectivity index (χ1n) is 11.4. The zero-order chi connectivity index (χ0) is 24.0. The molecular weight excluding hydrogens is 447 g/mol. The van der Waals surface area contributed by atoms with Gasteiger partial charge in [0, 0.05) is 50.3 Å². The highest BCUT2D eigenvalue weighted by Crippen LogP contribution is 2.40. The average Bonchev–Trinajstić information content (AvgIpc) is 3.29. The highest BCUT2D eigenvalue weighted by Gasteiger charge is 2.37. The zero-order valence-corrected chi connectivity index (χ0v) is 19.0. The lowest BCUT2D eigenvalue weighted by atomic mass is 9.85. The molecule has 1 fully saturated rings. The Labute approximate surface area is 194 Å². The molecule has 0 aromatic heterocycles. The van der Waals surface area contributed by atoms with Gasteiger partial charge in [-0.05, 0) is 19.9 Å². The molecule has 180 valence electrons. The first-order valence-corrected chi connectivity index (χ1v) is 11.4. The Balaban J connectivity index is 1.70. The number of aliphatic hydroxyl groups is 1. The molecule has 4 aliphatic rings. The molecule has 5 rings (SSSR count). The first-order chi connectivity index (χ1) is 16.3. The number of ether oxygens (including phenoxy) is 1. The van der Waals surface area contributed by atoms with Gasteiger partial charge in [0.05, 0.1) is 22.8 Å². The van der Waals surface area contributed by atoms with Crippen LogP contribution < -0.4 is 10.8 Å². The molecule has 1 saturated heterocycles. The predicted molar refractivity (Wildman–Crippen MR) is 119 cm³/mol. The molecule has 0 saturated carbocycles. The van der Waals surface area contributed by atoms with Crippen LogP contribution in [0.4, 0.5) is 19.0 Å². The molecule has 4 aliphatic heterocycles. The van der Waals surface area contributed by atoms with Gasteiger partial charge in [0.2, 0.25) is 0 Å². The largest absolute Gasteiger partial charge is 0.385 e. The second kappa shape index (κ2) is 8.66. The van der Waals surface area contributed by atoms with Crippen LogP contribution in [0.3, 0.4) is 0 Å². The molecule has 0 spiro atoms. The number of nitrogens with zero attached hydrogens (tertiary/aromatic N) is 4. The van der Waals surface area contributed by atoms with Crippen molar-refractivity contribution in [3.63, 3.8) is 0 Å². The van der Waals surface area contributed by atoms with E-state index in [4.69, 9.17) is 4.74 Å². The molecule has 4 heterocycles. The van der Waals surface area contributed by atoms with Crippen LogP contribution in [0, 0.1) is 12.7 Å². The summed E-state index contributed by atoms with van der Waals surface area (Å²) in [6, 6.07) is 5.03. The highest BCUT2D eigenvalue weighted by atomic mass is 19.3. The van der Waals surface area contributed by atoms with Crippen molar-refractivity contribution in [3.8, 4) is 11.4 Å². The van der Waals surface area contributed by atoms with E-state index in [0.717, 1.165) is 17.4 Å². The summed E-state index contributed by atoms with van der Waals surface area (Å²) in [6.07, 6.45) is -2.01. The molecule has 0 aliphatic carbocycles. The number of anilines is 1. The molecule has 2 N–H and O–H groups in total. The lowest BCUT2D eigenvalue weighted by molar-refractivity contribution is -0.0676. The fourth-order valence-corrected chi connectivity index (χ4v) is 4.79. The summed E-state index contributed by atoms with van der Waals surface area (Å²) >= 11 is 0. The molecule has 1 aromatic rings. The standard InChI is InChI=1S/C24H26F3N5O2/c1-13(15-4-3-5-16(19(15)25)20(26)27)29-21-17-12-18(24(33)6-10-34-11-7-24)23-28-8-9-32(23)22(17)31-14(2)30-21/h3-5,12-13,20,28,33H,6-11H2,1-2H3. The van der Waals surface area contributed by atoms with Gasteiger partial charge in [-0.2, -0.15) is 0 Å². The number of aromatic nitrogens is 3. The minimum absolute atomic E-state index is 0.0703. The van der Waals surface area contributed by atoms with Gasteiger partial charge in [-0.15, -0.1) is 0 Å². The molecule has 1 aromatic carbocycles. The summed E-state index contributed by atoms with van der Waals surface area (Å²) in [5.41, 5.74) is 0.0175. The molecule has 1 atom stereocenters. The Morgan fingerprint density at radius 2 is 1.94 bits per heavy atom. The van der Waals surface area contributed by atoms with Gasteiger partial charge >= 0.3 is 0 Å². The van der Waals surface area contributed by atoms with Crippen LogP contribution in [0.5, 0.6) is 0 Å². The van der Waals surface area contributed by atoms with E-state index in [1.165, 1.54) is 12.1 Å². The second-order valence-electron chi connectivity index (χ2n) is 8.82. The summed E-state index contributed by atoms with van der Waals surface area (Å²) in [7, 11) is 0. The summed E-state index contributed by atoms with van der Waals surface area (Å²) in [5.74, 6) is 0.990. The maximum atomic E-state index is 14.8. The third-order valence-electron chi connectivity index (χ3n) is 6.60. The highest BCUT2D eigenvalue weighted by molar-refractivity contribution is 5.67. The van der Waals surface area contributed by atoms with E-state index in [-0.39, 0.29) is 5.56 Å². The number of fused-ring (bicyclic) bond motifs is 3. The van der Waals surface area contributed by atoms with Crippen molar-refractivity contribution >= 4 is 5.82 Å². The van der Waals surface area contributed by atoms with Crippen molar-refractivity contribution in [2.45, 2.75) is 51.3 Å². The lowest BCUT2D eigenvalue weighted by Crippen LogP contribution is -2.35. The van der Waals surface area contributed by atoms with E-state index >= 15 is 0 Å². The van der Waals surface area contributed by atoms with Crippen molar-refractivity contribution in [3.05, 3.63) is 58.1 Å². The van der Waals surface area contributed by atoms with Crippen molar-refractivity contribution in [1.82, 2.24) is 14.5 Å². The van der Waals surface area contributed by atoms with Crippen LogP contribution in [0.25, 0.3) is 11.4 Å². The van der Waals surface area contributed by atoms with Gasteiger partial charge in [-0.25, -0.2) is 23.1 Å². The molecule has 0 radical (unpaired) electrons. The van der Waals surface area contributed by atoms with Gasteiger partial charge in [0.25, 0.3) is 6.43 Å². The first kappa shape index (κ1) is 22.8. The fourth-order valence-electron chi connectivity index (χ4n) is 4.79. The molecule has 0 bridgehead atoms. The van der Waals surface area contributed by atoms with Crippen molar-refractivity contribution in [1.29, 1.82) is 0 Å². The monoisotopic (exact) mass is 473 g/mol. The predicted octanol–water partition coefficient (Wildman–Crippen LogP) is 3.85. The molecule has 10 heteroatoms. The molecule has 0 amide bonds. The van der Waals surface area contributed by atoms with Crippen LogP contribution >= 0.6 is 0 Å².